The predicted molar refractivity (Wildman–Crippen MR) is 142 cm³/mol. The number of ether oxygens (including phenoxy) is 1. The van der Waals surface area contributed by atoms with Crippen LogP contribution in [0.1, 0.15) is 71.1 Å². The molecule has 1 unspecified atom stereocenters. The molecule has 186 valence electrons. The van der Waals surface area contributed by atoms with Gasteiger partial charge < -0.3 is 14.3 Å². The summed E-state index contributed by atoms with van der Waals surface area (Å²) in [7, 11) is 6.05. The first-order valence-electron chi connectivity index (χ1n) is 12.5. The van der Waals surface area contributed by atoms with Gasteiger partial charge in [0.1, 0.15) is 6.54 Å². The van der Waals surface area contributed by atoms with E-state index in [-0.39, 0.29) is 12.5 Å². The molecule has 1 N–H and O–H groups in total. The molecule has 0 bridgehead atoms. The van der Waals surface area contributed by atoms with Crippen molar-refractivity contribution in [2.45, 2.75) is 77.2 Å². The van der Waals surface area contributed by atoms with Gasteiger partial charge in [-0.05, 0) is 18.9 Å². The van der Waals surface area contributed by atoms with Gasteiger partial charge in [0.25, 0.3) is 0 Å². The summed E-state index contributed by atoms with van der Waals surface area (Å²) in [5, 5.41) is 9.00. The van der Waals surface area contributed by atoms with Crippen LogP contribution < -0.4 is 0 Å². The summed E-state index contributed by atoms with van der Waals surface area (Å²) in [4.78, 5) is 11.0. The molecule has 0 radical (unpaired) electrons. The van der Waals surface area contributed by atoms with Crippen molar-refractivity contribution in [1.82, 2.24) is 0 Å². The molecule has 4 nitrogen and oxygen atoms in total. The second-order valence-electron chi connectivity index (χ2n) is 9.39. The lowest BCUT2D eigenvalue weighted by molar-refractivity contribution is -0.873. The lowest BCUT2D eigenvalue weighted by Gasteiger charge is -2.28. The molecule has 0 aliphatic carbocycles. The predicted octanol–water partition coefficient (Wildman–Crippen LogP) is 7.38. The van der Waals surface area contributed by atoms with Crippen molar-refractivity contribution in [3.8, 4) is 0 Å². The van der Waals surface area contributed by atoms with Crippen LogP contribution in [-0.4, -0.2) is 49.4 Å². The Morgan fingerprint density at radius 3 is 1.76 bits per heavy atom. The van der Waals surface area contributed by atoms with E-state index in [0.717, 1.165) is 6.42 Å². The molecule has 0 aliphatic rings. The van der Waals surface area contributed by atoms with Gasteiger partial charge in [-0.2, -0.15) is 0 Å². The minimum atomic E-state index is -0.847. The van der Waals surface area contributed by atoms with Crippen LogP contribution in [0.3, 0.4) is 0 Å². The van der Waals surface area contributed by atoms with Crippen molar-refractivity contribution in [3.63, 3.8) is 0 Å². The van der Waals surface area contributed by atoms with Gasteiger partial charge in [-0.25, -0.2) is 0 Å². The third-order valence-electron chi connectivity index (χ3n) is 4.86. The van der Waals surface area contributed by atoms with Crippen molar-refractivity contribution in [3.05, 3.63) is 73.1 Å². The number of hydrogen-bond acceptors (Lipinski definition) is 2. The minimum absolute atomic E-state index is 0.00380. The third kappa shape index (κ3) is 25.8. The second kappa shape index (κ2) is 21.5. The normalized spacial score (nSPS) is 14.2. The summed E-state index contributed by atoms with van der Waals surface area (Å²) in [5.41, 5.74) is 0. The average Bonchev–Trinajstić information content (AvgIpc) is 2.73. The largest absolute Gasteiger partial charge is 0.492 e. The minimum Gasteiger partial charge on any atom is -0.492 e. The van der Waals surface area contributed by atoms with Gasteiger partial charge in [0.2, 0.25) is 0 Å². The van der Waals surface area contributed by atoms with Crippen LogP contribution in [0.25, 0.3) is 0 Å². The van der Waals surface area contributed by atoms with Crippen LogP contribution in [0.5, 0.6) is 0 Å². The van der Waals surface area contributed by atoms with E-state index in [4.69, 9.17) is 9.84 Å². The maximum Gasteiger partial charge on any atom is 0.307 e. The number of aliphatic carboxylic acids is 1. The van der Waals surface area contributed by atoms with E-state index in [2.05, 4.69) is 25.2 Å². The van der Waals surface area contributed by atoms with Gasteiger partial charge in [-0.3, -0.25) is 4.79 Å². The molecule has 0 aromatic heterocycles. The molecule has 4 heteroatoms. The first kappa shape index (κ1) is 30.7. The maximum atomic E-state index is 11.0. The van der Waals surface area contributed by atoms with Crippen molar-refractivity contribution in [1.29, 1.82) is 0 Å². The topological polar surface area (TPSA) is 46.5 Å². The van der Waals surface area contributed by atoms with Crippen molar-refractivity contribution in [2.75, 3.05) is 27.7 Å². The molecule has 0 rings (SSSR count). The summed E-state index contributed by atoms with van der Waals surface area (Å²) in [6.45, 7) is 2.90. The number of carboxylic acid groups (broad SMARTS) is 1. The number of unbranched alkanes of at least 4 members (excludes halogenated alkanes) is 8. The van der Waals surface area contributed by atoms with Gasteiger partial charge >= 0.3 is 5.97 Å². The Hall–Kier alpha value is -2.33. The first-order valence-corrected chi connectivity index (χ1v) is 12.5. The molecule has 33 heavy (non-hydrogen) atoms. The van der Waals surface area contributed by atoms with E-state index in [1.54, 1.807) is 12.3 Å². The Labute approximate surface area is 203 Å². The molecule has 0 saturated heterocycles. The molecule has 0 aliphatic heterocycles. The summed E-state index contributed by atoms with van der Waals surface area (Å²) in [6, 6.07) is 0. The number of hydrogen-bond donors (Lipinski definition) is 1. The molecule has 0 spiro atoms. The highest BCUT2D eigenvalue weighted by molar-refractivity contribution is 5.67. The second-order valence-corrected chi connectivity index (χ2v) is 9.39. The number of carbonyl (C=O) groups is 1. The number of carboxylic acids is 1. The Morgan fingerprint density at radius 1 is 0.758 bits per heavy atom. The maximum absolute atomic E-state index is 11.0. The number of allylic oxidation sites excluding steroid dienone is 11. The highest BCUT2D eigenvalue weighted by Crippen LogP contribution is 2.09. The molecule has 0 heterocycles. The van der Waals surface area contributed by atoms with Gasteiger partial charge in [0.05, 0.1) is 33.8 Å². The lowest BCUT2D eigenvalue weighted by atomic mass is 10.1. The zero-order valence-electron chi connectivity index (χ0n) is 21.5. The number of nitrogens with zero attached hydrogens (tertiary/aromatic N) is 1. The molecular weight excluding hydrogens is 410 g/mol. The quantitative estimate of drug-likeness (QED) is 0.0896. The molecular formula is C29H48NO3+. The Balaban J connectivity index is 3.91. The van der Waals surface area contributed by atoms with Gasteiger partial charge in [0, 0.05) is 0 Å². The smallest absolute Gasteiger partial charge is 0.307 e. The fourth-order valence-corrected chi connectivity index (χ4v) is 3.25. The van der Waals surface area contributed by atoms with Crippen LogP contribution in [0.2, 0.25) is 0 Å². The van der Waals surface area contributed by atoms with E-state index in [9.17, 15) is 4.79 Å². The van der Waals surface area contributed by atoms with Gasteiger partial charge in [-0.1, -0.05) is 113 Å². The van der Waals surface area contributed by atoms with Crippen LogP contribution in [-0.2, 0) is 9.53 Å². The summed E-state index contributed by atoms with van der Waals surface area (Å²) in [5.74, 6) is -0.847. The zero-order valence-corrected chi connectivity index (χ0v) is 21.5. The van der Waals surface area contributed by atoms with Crippen LogP contribution in [0, 0.1) is 0 Å². The molecule has 0 fully saturated rings. The van der Waals surface area contributed by atoms with E-state index in [1.165, 1.54) is 51.4 Å². The molecule has 1 atom stereocenters. The fraction of sp³-hybridized carbons (Fsp3) is 0.552. The average molecular weight is 459 g/mol. The fourth-order valence-electron chi connectivity index (χ4n) is 3.25. The number of rotatable bonds is 20. The van der Waals surface area contributed by atoms with Crippen LogP contribution >= 0.6 is 0 Å². The van der Waals surface area contributed by atoms with E-state index in [0.29, 0.717) is 11.0 Å². The Bertz CT molecular complexity index is 648. The Morgan fingerprint density at radius 2 is 1.24 bits per heavy atom. The number of quaternary nitrogens is 1. The molecule has 0 aromatic rings. The van der Waals surface area contributed by atoms with E-state index >= 15 is 0 Å². The van der Waals surface area contributed by atoms with Gasteiger partial charge in [-0.15, -0.1) is 0 Å². The highest BCUT2D eigenvalue weighted by Gasteiger charge is 2.21. The van der Waals surface area contributed by atoms with E-state index in [1.807, 2.05) is 63.7 Å². The summed E-state index contributed by atoms with van der Waals surface area (Å²) >= 11 is 0. The standard InChI is InChI=1S/C29H47NO3/c1-5-6-7-8-9-10-11-12-13-14-15-16-17-18-19-20-21-22-23-24-25-33-28(26-29(31)32)27-30(2,3)4/h14-25,28H,5-13,26-27H2,1-4H3/p+1. The monoisotopic (exact) mass is 458 g/mol. The highest BCUT2D eigenvalue weighted by atomic mass is 16.5. The Kier molecular flexibility index (Phi) is 20.0. The van der Waals surface area contributed by atoms with Crippen LogP contribution in [0.4, 0.5) is 0 Å². The van der Waals surface area contributed by atoms with Crippen LogP contribution in [0.15, 0.2) is 73.1 Å². The molecule has 0 amide bonds. The molecule has 0 aromatic carbocycles. The summed E-state index contributed by atoms with van der Waals surface area (Å²) < 4.78 is 6.24. The van der Waals surface area contributed by atoms with Crippen molar-refractivity contribution in [2.24, 2.45) is 0 Å². The van der Waals surface area contributed by atoms with E-state index < -0.39 is 5.97 Å². The van der Waals surface area contributed by atoms with Crippen molar-refractivity contribution >= 4 is 5.97 Å². The van der Waals surface area contributed by atoms with Crippen molar-refractivity contribution < 1.29 is 19.1 Å². The number of likely N-dealkylation sites (N-methyl/N-ethyl adjacent to an activating group) is 1. The summed E-state index contributed by atoms with van der Waals surface area (Å²) in [6.07, 6.45) is 35.2. The van der Waals surface area contributed by atoms with Gasteiger partial charge in [0.15, 0.2) is 6.10 Å². The lowest BCUT2D eigenvalue weighted by Crippen LogP contribution is -2.42. The zero-order chi connectivity index (χ0) is 24.6. The third-order valence-corrected chi connectivity index (χ3v) is 4.86. The first-order chi connectivity index (χ1) is 15.8. The molecule has 0 saturated carbocycles. The SMILES string of the molecule is CCCCCCCCCCC=CC=CC=CC=CC=CC=COC(CC(=O)O)C[N+](C)(C)C.